The monoisotopic (exact) mass is 361 g/mol. The summed E-state index contributed by atoms with van der Waals surface area (Å²) in [4.78, 5) is 29.3. The third kappa shape index (κ3) is 2.47. The molecule has 0 radical (unpaired) electrons. The molecule has 26 heavy (non-hydrogen) atoms. The number of amides is 1. The lowest BCUT2D eigenvalue weighted by atomic mass is 9.54. The second kappa shape index (κ2) is 6.05. The molecule has 3 rings (SSSR count). The van der Waals surface area contributed by atoms with Gasteiger partial charge in [-0.05, 0) is 26.8 Å². The number of nitrogens with one attached hydrogen (secondary N) is 1. The summed E-state index contributed by atoms with van der Waals surface area (Å²) in [5.41, 5.74) is -0.474. The van der Waals surface area contributed by atoms with E-state index in [0.29, 0.717) is 28.9 Å². The smallest absolute Gasteiger partial charge is 0.330 e. The third-order valence-corrected chi connectivity index (χ3v) is 5.45. The van der Waals surface area contributed by atoms with Crippen LogP contribution in [0, 0.1) is 19.3 Å². The predicted molar refractivity (Wildman–Crippen MR) is 92.9 cm³/mol. The van der Waals surface area contributed by atoms with Crippen molar-refractivity contribution in [3.63, 3.8) is 0 Å². The highest BCUT2D eigenvalue weighted by atomic mass is 16.5. The summed E-state index contributed by atoms with van der Waals surface area (Å²) in [5, 5.41) is 17.0. The Morgan fingerprint density at radius 1 is 1.42 bits per heavy atom. The molecule has 140 valence electrons. The number of carboxylic acids is 1. The Labute approximate surface area is 150 Å². The van der Waals surface area contributed by atoms with Crippen LogP contribution >= 0.6 is 0 Å². The van der Waals surface area contributed by atoms with Crippen molar-refractivity contribution in [2.24, 2.45) is 5.41 Å². The fourth-order valence-corrected chi connectivity index (χ4v) is 3.69. The molecule has 2 aromatic rings. The SMILES string of the molecule is CCOC1CC(NC(=O)c2cc(C)nc3onc(C)c23)(C(=O)O)C1(C)C. The number of ether oxygens (including phenoxy) is 1. The first-order chi connectivity index (χ1) is 12.1. The van der Waals surface area contributed by atoms with Gasteiger partial charge in [0, 0.05) is 24.1 Å². The molecule has 2 unspecified atom stereocenters. The summed E-state index contributed by atoms with van der Waals surface area (Å²) in [6.45, 7) is 9.39. The third-order valence-electron chi connectivity index (χ3n) is 5.45. The van der Waals surface area contributed by atoms with Crippen LogP contribution in [0.1, 0.15) is 48.9 Å². The van der Waals surface area contributed by atoms with Gasteiger partial charge in [0.05, 0.1) is 22.7 Å². The Kier molecular flexibility index (Phi) is 4.26. The molecule has 2 heterocycles. The van der Waals surface area contributed by atoms with Crippen LogP contribution in [0.25, 0.3) is 11.1 Å². The lowest BCUT2D eigenvalue weighted by molar-refractivity contribution is -0.190. The molecule has 1 aliphatic rings. The molecule has 0 bridgehead atoms. The van der Waals surface area contributed by atoms with Gasteiger partial charge in [-0.15, -0.1) is 0 Å². The van der Waals surface area contributed by atoms with Gasteiger partial charge >= 0.3 is 5.97 Å². The first-order valence-electron chi connectivity index (χ1n) is 8.55. The first-order valence-corrected chi connectivity index (χ1v) is 8.55. The van der Waals surface area contributed by atoms with Crippen molar-refractivity contribution in [3.8, 4) is 0 Å². The molecular weight excluding hydrogens is 338 g/mol. The number of hydrogen-bond acceptors (Lipinski definition) is 6. The molecule has 0 aromatic carbocycles. The molecule has 8 nitrogen and oxygen atoms in total. The number of carbonyl (C=O) groups excluding carboxylic acids is 1. The molecule has 0 saturated heterocycles. The van der Waals surface area contributed by atoms with E-state index >= 15 is 0 Å². The lowest BCUT2D eigenvalue weighted by Gasteiger charge is -2.58. The van der Waals surface area contributed by atoms with E-state index in [-0.39, 0.29) is 18.2 Å². The van der Waals surface area contributed by atoms with Crippen molar-refractivity contribution >= 4 is 23.0 Å². The first kappa shape index (κ1) is 18.3. The van der Waals surface area contributed by atoms with Crippen LogP contribution in [-0.4, -0.2) is 45.4 Å². The van der Waals surface area contributed by atoms with Crippen molar-refractivity contribution in [2.45, 2.75) is 52.7 Å². The minimum Gasteiger partial charge on any atom is -0.479 e. The van der Waals surface area contributed by atoms with Crippen LogP contribution in [0.15, 0.2) is 10.6 Å². The van der Waals surface area contributed by atoms with Gasteiger partial charge in [0.1, 0.15) is 5.54 Å². The second-order valence-corrected chi connectivity index (χ2v) is 7.29. The van der Waals surface area contributed by atoms with E-state index < -0.39 is 22.8 Å². The number of hydrogen-bond donors (Lipinski definition) is 2. The van der Waals surface area contributed by atoms with E-state index in [2.05, 4.69) is 15.5 Å². The van der Waals surface area contributed by atoms with E-state index in [4.69, 9.17) is 9.26 Å². The number of carboxylic acid groups (broad SMARTS) is 1. The maximum atomic E-state index is 13.0. The van der Waals surface area contributed by atoms with Crippen LogP contribution in [0.4, 0.5) is 0 Å². The number of aryl methyl sites for hydroxylation is 2. The van der Waals surface area contributed by atoms with Gasteiger partial charge in [-0.25, -0.2) is 9.78 Å². The van der Waals surface area contributed by atoms with Gasteiger partial charge in [-0.2, -0.15) is 0 Å². The number of pyridine rings is 1. The van der Waals surface area contributed by atoms with Crippen molar-refractivity contribution in [1.82, 2.24) is 15.5 Å². The Bertz CT molecular complexity index is 888. The molecule has 2 atom stereocenters. The summed E-state index contributed by atoms with van der Waals surface area (Å²) in [6.07, 6.45) is -0.0227. The van der Waals surface area contributed by atoms with Gasteiger partial charge in [0.25, 0.3) is 11.6 Å². The molecule has 0 aliphatic heterocycles. The number of carbonyl (C=O) groups is 2. The fraction of sp³-hybridized carbons (Fsp3) is 0.556. The molecule has 8 heteroatoms. The van der Waals surface area contributed by atoms with Gasteiger partial charge in [0.2, 0.25) is 0 Å². The van der Waals surface area contributed by atoms with Crippen molar-refractivity contribution in [1.29, 1.82) is 0 Å². The van der Waals surface area contributed by atoms with Crippen molar-refractivity contribution in [3.05, 3.63) is 23.0 Å². The quantitative estimate of drug-likeness (QED) is 0.839. The van der Waals surface area contributed by atoms with Crippen LogP contribution in [-0.2, 0) is 9.53 Å². The van der Waals surface area contributed by atoms with Crippen molar-refractivity contribution in [2.75, 3.05) is 6.61 Å². The van der Waals surface area contributed by atoms with Gasteiger partial charge in [-0.3, -0.25) is 4.79 Å². The Balaban J connectivity index is 1.99. The number of rotatable bonds is 5. The molecule has 1 amide bonds. The maximum Gasteiger partial charge on any atom is 0.330 e. The van der Waals surface area contributed by atoms with Crippen LogP contribution < -0.4 is 5.32 Å². The average Bonchev–Trinajstić information content (AvgIpc) is 2.93. The number of aromatic nitrogens is 2. The topological polar surface area (TPSA) is 115 Å². The highest BCUT2D eigenvalue weighted by Crippen LogP contribution is 2.51. The number of fused-ring (bicyclic) bond motifs is 1. The number of nitrogens with zero attached hydrogens (tertiary/aromatic N) is 2. The summed E-state index contributed by atoms with van der Waals surface area (Å²) in [7, 11) is 0. The van der Waals surface area contributed by atoms with E-state index in [1.165, 1.54) is 0 Å². The second-order valence-electron chi connectivity index (χ2n) is 7.29. The van der Waals surface area contributed by atoms with E-state index in [9.17, 15) is 14.7 Å². The molecule has 1 aliphatic carbocycles. The highest BCUT2D eigenvalue weighted by Gasteiger charge is 2.66. The number of aliphatic carboxylic acids is 1. The van der Waals surface area contributed by atoms with E-state index in [1.807, 2.05) is 6.92 Å². The normalized spacial score (nSPS) is 24.3. The van der Waals surface area contributed by atoms with Crippen molar-refractivity contribution < 1.29 is 24.0 Å². The minimum absolute atomic E-state index is 0.213. The molecule has 1 saturated carbocycles. The molecule has 1 fully saturated rings. The largest absolute Gasteiger partial charge is 0.479 e. The zero-order chi connectivity index (χ0) is 19.3. The lowest BCUT2D eigenvalue weighted by Crippen LogP contribution is -2.76. The molecule has 0 spiro atoms. The summed E-state index contributed by atoms with van der Waals surface area (Å²) < 4.78 is 10.8. The zero-order valence-electron chi connectivity index (χ0n) is 15.5. The van der Waals surface area contributed by atoms with Crippen LogP contribution in [0.5, 0.6) is 0 Å². The highest BCUT2D eigenvalue weighted by molar-refractivity contribution is 6.07. The predicted octanol–water partition coefficient (Wildman–Crippen LogP) is 2.23. The van der Waals surface area contributed by atoms with Crippen LogP contribution in [0.3, 0.4) is 0 Å². The zero-order valence-corrected chi connectivity index (χ0v) is 15.5. The fourth-order valence-electron chi connectivity index (χ4n) is 3.69. The Morgan fingerprint density at radius 2 is 2.12 bits per heavy atom. The van der Waals surface area contributed by atoms with Gasteiger partial charge in [-0.1, -0.05) is 19.0 Å². The van der Waals surface area contributed by atoms with E-state index in [1.54, 1.807) is 33.8 Å². The minimum atomic E-state index is -1.40. The maximum absolute atomic E-state index is 13.0. The standard InChI is InChI=1S/C18H23N3O5/c1-6-25-12-8-18(16(23)24,17(12,4)5)20-14(22)11-7-9(2)19-15-13(11)10(3)21-26-15/h7,12H,6,8H2,1-5H3,(H,20,22)(H,23,24). The molecular formula is C18H23N3O5. The summed E-state index contributed by atoms with van der Waals surface area (Å²) >= 11 is 0. The Hall–Kier alpha value is -2.48. The van der Waals surface area contributed by atoms with E-state index in [0.717, 1.165) is 0 Å². The average molecular weight is 361 g/mol. The summed E-state index contributed by atoms with van der Waals surface area (Å²) in [6, 6.07) is 1.61. The Morgan fingerprint density at radius 3 is 2.69 bits per heavy atom. The van der Waals surface area contributed by atoms with Crippen LogP contribution in [0.2, 0.25) is 0 Å². The van der Waals surface area contributed by atoms with Gasteiger partial charge < -0.3 is 19.7 Å². The molecule has 2 aromatic heterocycles. The summed E-state index contributed by atoms with van der Waals surface area (Å²) in [5.74, 6) is -1.56. The molecule has 2 N–H and O–H groups in total. The van der Waals surface area contributed by atoms with Gasteiger partial charge in [0.15, 0.2) is 0 Å².